The first-order valence-corrected chi connectivity index (χ1v) is 11.0. The Morgan fingerprint density at radius 1 is 1.04 bits per heavy atom. The summed E-state index contributed by atoms with van der Waals surface area (Å²) < 4.78 is 3.33. The number of benzene rings is 1. The van der Waals surface area contributed by atoms with Crippen LogP contribution in [0.5, 0.6) is 0 Å². The summed E-state index contributed by atoms with van der Waals surface area (Å²) in [5.74, 6) is 0. The number of rotatable bonds is 13. The molecule has 27 heavy (non-hydrogen) atoms. The fraction of sp³-hybridized carbons (Fsp3) is 0.591. The molecule has 0 aromatic heterocycles. The van der Waals surface area contributed by atoms with Gasteiger partial charge in [-0.25, -0.2) is 0 Å². The second-order valence-corrected chi connectivity index (χ2v) is 7.89. The molecular formula is C22H38N4S. The van der Waals surface area contributed by atoms with Gasteiger partial charge in [0.05, 0.1) is 11.4 Å². The Labute approximate surface area is 170 Å². The third-order valence-electron chi connectivity index (χ3n) is 4.56. The van der Waals surface area contributed by atoms with Gasteiger partial charge in [0.2, 0.25) is 0 Å². The van der Waals surface area contributed by atoms with Gasteiger partial charge < -0.3 is 15.4 Å². The molecule has 5 heteroatoms. The molecule has 4 nitrogen and oxygen atoms in total. The summed E-state index contributed by atoms with van der Waals surface area (Å²) in [5, 5.41) is 0. The van der Waals surface area contributed by atoms with Crippen molar-refractivity contribution < 1.29 is 0 Å². The topological polar surface area (TPSA) is 53.6 Å². The molecule has 0 saturated carbocycles. The summed E-state index contributed by atoms with van der Waals surface area (Å²) in [7, 11) is 1.78. The first kappa shape index (κ1) is 23.6. The summed E-state index contributed by atoms with van der Waals surface area (Å²) in [5.41, 5.74) is 9.93. The average molecular weight is 391 g/mol. The van der Waals surface area contributed by atoms with Gasteiger partial charge in [-0.05, 0) is 95.2 Å². The highest BCUT2D eigenvalue weighted by Crippen LogP contribution is 2.19. The first-order valence-electron chi connectivity index (χ1n) is 10.2. The van der Waals surface area contributed by atoms with Gasteiger partial charge in [0, 0.05) is 17.6 Å². The molecule has 0 aliphatic carbocycles. The molecule has 1 aromatic carbocycles. The lowest BCUT2D eigenvalue weighted by Gasteiger charge is -2.20. The number of aliphatic imine (C=N–C) groups is 1. The molecule has 0 aliphatic heterocycles. The maximum atomic E-state index is 5.95. The second kappa shape index (κ2) is 13.7. The van der Waals surface area contributed by atoms with E-state index >= 15 is 0 Å². The van der Waals surface area contributed by atoms with E-state index in [0.29, 0.717) is 0 Å². The predicted octanol–water partition coefficient (Wildman–Crippen LogP) is 5.01. The number of unbranched alkanes of at least 4 members (excludes halogenated alkanes) is 1. The molecule has 0 saturated heterocycles. The van der Waals surface area contributed by atoms with Gasteiger partial charge in [-0.3, -0.25) is 4.99 Å². The van der Waals surface area contributed by atoms with Crippen LogP contribution in [0.1, 0.15) is 58.9 Å². The zero-order chi connectivity index (χ0) is 20.1. The number of hydrogen-bond donors (Lipinski definition) is 2. The lowest BCUT2D eigenvalue weighted by atomic mass is 10.1. The second-order valence-electron chi connectivity index (χ2n) is 7.01. The van der Waals surface area contributed by atoms with Gasteiger partial charge in [-0.15, -0.1) is 0 Å². The van der Waals surface area contributed by atoms with Crippen LogP contribution in [0.4, 0.5) is 0 Å². The standard InChI is InChI=1S/C22H38N4S/c1-6-15-26(16-7-2)17-9-8-10-20-11-13-21(14-12-20)27-25-22(18(3)23)19(4)24-5/h11-14,25H,6-10,15-17,23H2,1-5H3. The van der Waals surface area contributed by atoms with Crippen LogP contribution in [-0.4, -0.2) is 37.3 Å². The SMILES string of the molecule is CCCN(CCC)CCCCc1ccc(SNC(C(C)=NC)=C(C)N)cc1. The molecule has 0 bridgehead atoms. The summed E-state index contributed by atoms with van der Waals surface area (Å²) in [4.78, 5) is 7.99. The van der Waals surface area contributed by atoms with Crippen LogP contribution in [0.3, 0.4) is 0 Å². The van der Waals surface area contributed by atoms with Crippen LogP contribution >= 0.6 is 11.9 Å². The van der Waals surface area contributed by atoms with Crippen molar-refractivity contribution >= 4 is 17.7 Å². The molecule has 152 valence electrons. The smallest absolute Gasteiger partial charge is 0.0840 e. The molecular weight excluding hydrogens is 352 g/mol. The van der Waals surface area contributed by atoms with Crippen molar-refractivity contribution in [3.63, 3.8) is 0 Å². The summed E-state index contributed by atoms with van der Waals surface area (Å²) in [6.45, 7) is 12.1. The zero-order valence-corrected chi connectivity index (χ0v) is 18.7. The van der Waals surface area contributed by atoms with Crippen LogP contribution in [0.25, 0.3) is 0 Å². The van der Waals surface area contributed by atoms with Crippen molar-refractivity contribution in [1.82, 2.24) is 9.62 Å². The van der Waals surface area contributed by atoms with E-state index in [-0.39, 0.29) is 0 Å². The lowest BCUT2D eigenvalue weighted by molar-refractivity contribution is 0.269. The summed E-state index contributed by atoms with van der Waals surface area (Å²) in [6, 6.07) is 8.82. The van der Waals surface area contributed by atoms with Gasteiger partial charge in [0.25, 0.3) is 0 Å². The molecule has 0 radical (unpaired) electrons. The van der Waals surface area contributed by atoms with Gasteiger partial charge in [-0.2, -0.15) is 0 Å². The minimum Gasteiger partial charge on any atom is -0.401 e. The monoisotopic (exact) mass is 390 g/mol. The summed E-state index contributed by atoms with van der Waals surface area (Å²) in [6.07, 6.45) is 6.17. The van der Waals surface area contributed by atoms with E-state index < -0.39 is 0 Å². The number of nitrogens with one attached hydrogen (secondary N) is 1. The molecule has 0 unspecified atom stereocenters. The highest BCUT2D eigenvalue weighted by atomic mass is 32.2. The minimum absolute atomic E-state index is 0.752. The largest absolute Gasteiger partial charge is 0.401 e. The van der Waals surface area contributed by atoms with Crippen molar-refractivity contribution in [2.24, 2.45) is 10.7 Å². The highest BCUT2D eigenvalue weighted by Gasteiger charge is 2.05. The van der Waals surface area contributed by atoms with Crippen LogP contribution in [0, 0.1) is 0 Å². The van der Waals surface area contributed by atoms with E-state index in [1.54, 1.807) is 19.0 Å². The van der Waals surface area contributed by atoms with Gasteiger partial charge >= 0.3 is 0 Å². The lowest BCUT2D eigenvalue weighted by Crippen LogP contribution is -2.26. The number of nitrogens with zero attached hydrogens (tertiary/aromatic N) is 2. The number of nitrogens with two attached hydrogens (primary N) is 1. The van der Waals surface area contributed by atoms with Gasteiger partial charge in [0.1, 0.15) is 0 Å². The predicted molar refractivity (Wildman–Crippen MR) is 121 cm³/mol. The molecule has 1 rings (SSSR count). The Kier molecular flexibility index (Phi) is 11.9. The Hall–Kier alpha value is -1.46. The van der Waals surface area contributed by atoms with Crippen LogP contribution < -0.4 is 10.5 Å². The van der Waals surface area contributed by atoms with Gasteiger partial charge in [0.15, 0.2) is 0 Å². The number of aryl methyl sites for hydroxylation is 1. The van der Waals surface area contributed by atoms with E-state index in [2.05, 4.69) is 52.7 Å². The first-order chi connectivity index (χ1) is 13.0. The highest BCUT2D eigenvalue weighted by molar-refractivity contribution is 7.97. The third kappa shape index (κ3) is 9.34. The Balaban J connectivity index is 2.42. The third-order valence-corrected chi connectivity index (χ3v) is 5.37. The normalized spacial score (nSPS) is 13.0. The quantitative estimate of drug-likeness (QED) is 0.282. The molecule has 0 atom stereocenters. The van der Waals surface area contributed by atoms with Gasteiger partial charge in [-0.1, -0.05) is 26.0 Å². The Morgan fingerprint density at radius 2 is 1.67 bits per heavy atom. The van der Waals surface area contributed by atoms with Crippen LogP contribution in [-0.2, 0) is 6.42 Å². The average Bonchev–Trinajstić information content (AvgIpc) is 2.66. The maximum Gasteiger partial charge on any atom is 0.0840 e. The van der Waals surface area contributed by atoms with Crippen molar-refractivity contribution in [3.8, 4) is 0 Å². The van der Waals surface area contributed by atoms with Crippen molar-refractivity contribution in [2.45, 2.75) is 64.7 Å². The van der Waals surface area contributed by atoms with E-state index in [4.69, 9.17) is 5.73 Å². The zero-order valence-electron chi connectivity index (χ0n) is 17.8. The fourth-order valence-corrected chi connectivity index (χ4v) is 3.82. The molecule has 0 aliphatic rings. The minimum atomic E-state index is 0.752. The molecule has 0 spiro atoms. The van der Waals surface area contributed by atoms with E-state index in [9.17, 15) is 0 Å². The summed E-state index contributed by atoms with van der Waals surface area (Å²) >= 11 is 1.58. The molecule has 0 fully saturated rings. The van der Waals surface area contributed by atoms with Crippen LogP contribution in [0.15, 0.2) is 45.5 Å². The van der Waals surface area contributed by atoms with Crippen molar-refractivity contribution in [1.29, 1.82) is 0 Å². The number of allylic oxidation sites excluding steroid dienone is 2. The Morgan fingerprint density at radius 3 is 2.19 bits per heavy atom. The maximum absolute atomic E-state index is 5.95. The fourth-order valence-electron chi connectivity index (χ4n) is 3.02. The number of hydrogen-bond acceptors (Lipinski definition) is 5. The van der Waals surface area contributed by atoms with Crippen LogP contribution in [0.2, 0.25) is 0 Å². The Bertz CT molecular complexity index is 583. The van der Waals surface area contributed by atoms with E-state index in [0.717, 1.165) is 23.5 Å². The van der Waals surface area contributed by atoms with Crippen molar-refractivity contribution in [3.05, 3.63) is 41.2 Å². The van der Waals surface area contributed by atoms with E-state index in [1.165, 1.54) is 55.8 Å². The molecule has 3 N–H and O–H groups in total. The molecule has 0 amide bonds. The van der Waals surface area contributed by atoms with E-state index in [1.807, 2.05) is 13.8 Å². The molecule has 1 aromatic rings. The van der Waals surface area contributed by atoms with Crippen molar-refractivity contribution in [2.75, 3.05) is 26.7 Å². The molecule has 0 heterocycles.